The first-order chi connectivity index (χ1) is 11.2. The van der Waals surface area contributed by atoms with Crippen molar-refractivity contribution < 1.29 is 9.15 Å². The number of morpholine rings is 1. The predicted octanol–water partition coefficient (Wildman–Crippen LogP) is 1.94. The largest absolute Gasteiger partial charge is 0.423 e. The summed E-state index contributed by atoms with van der Waals surface area (Å²) >= 11 is 0. The van der Waals surface area contributed by atoms with E-state index in [-0.39, 0.29) is 6.10 Å². The van der Waals surface area contributed by atoms with Gasteiger partial charge in [0.05, 0.1) is 25.8 Å². The number of para-hydroxylation sites is 2. The Morgan fingerprint density at radius 2 is 2.09 bits per heavy atom. The second-order valence-corrected chi connectivity index (χ2v) is 5.79. The minimum atomic E-state index is 0.0403. The van der Waals surface area contributed by atoms with E-state index in [0.29, 0.717) is 19.2 Å². The third kappa shape index (κ3) is 2.79. The minimum Gasteiger partial charge on any atom is -0.423 e. The summed E-state index contributed by atoms with van der Waals surface area (Å²) < 4.78 is 13.6. The van der Waals surface area contributed by atoms with E-state index < -0.39 is 0 Å². The monoisotopic (exact) mass is 313 g/mol. The first-order valence-corrected chi connectivity index (χ1v) is 7.79. The fourth-order valence-corrected chi connectivity index (χ4v) is 2.93. The van der Waals surface area contributed by atoms with Gasteiger partial charge < -0.3 is 14.1 Å². The number of hydrogen-bond acceptors (Lipinski definition) is 6. The van der Waals surface area contributed by atoms with Crippen LogP contribution in [-0.2, 0) is 11.3 Å². The summed E-state index contributed by atoms with van der Waals surface area (Å²) in [5.74, 6) is 1.69. The molecule has 3 heterocycles. The van der Waals surface area contributed by atoms with E-state index in [2.05, 4.69) is 20.0 Å². The molecule has 2 aromatic heterocycles. The number of ether oxygens (including phenoxy) is 1. The van der Waals surface area contributed by atoms with Crippen LogP contribution < -0.4 is 4.90 Å². The summed E-state index contributed by atoms with van der Waals surface area (Å²) in [5, 5.41) is 4.40. The van der Waals surface area contributed by atoms with Gasteiger partial charge in [0.15, 0.2) is 5.58 Å². The topological polar surface area (TPSA) is 69.2 Å². The molecule has 1 atom stereocenters. The number of aromatic nitrogens is 4. The molecule has 4 rings (SSSR count). The van der Waals surface area contributed by atoms with Crippen LogP contribution in [0.15, 0.2) is 28.7 Å². The minimum absolute atomic E-state index is 0.0403. The molecular weight excluding hydrogens is 294 g/mol. The smallest absolute Gasteiger partial charge is 0.298 e. The summed E-state index contributed by atoms with van der Waals surface area (Å²) in [5.41, 5.74) is 1.70. The predicted molar refractivity (Wildman–Crippen MR) is 85.5 cm³/mol. The van der Waals surface area contributed by atoms with E-state index in [0.717, 1.165) is 35.8 Å². The van der Waals surface area contributed by atoms with Gasteiger partial charge in [0, 0.05) is 6.54 Å². The van der Waals surface area contributed by atoms with Crippen LogP contribution >= 0.6 is 0 Å². The van der Waals surface area contributed by atoms with Gasteiger partial charge in [-0.2, -0.15) is 10.1 Å². The van der Waals surface area contributed by atoms with Crippen LogP contribution in [0, 0.1) is 13.8 Å². The SMILES string of the molecule is Cc1nc(C)n(C[C@@H]2CN(c3nc4ccccc4o3)CCO2)n1. The van der Waals surface area contributed by atoms with Crippen LogP contribution in [0.4, 0.5) is 6.01 Å². The summed E-state index contributed by atoms with van der Waals surface area (Å²) in [7, 11) is 0. The Balaban J connectivity index is 1.51. The fraction of sp³-hybridized carbons (Fsp3) is 0.438. The Labute approximate surface area is 133 Å². The van der Waals surface area contributed by atoms with Gasteiger partial charge in [0.25, 0.3) is 6.01 Å². The van der Waals surface area contributed by atoms with E-state index in [1.165, 1.54) is 0 Å². The number of aryl methyl sites for hydroxylation is 2. The average molecular weight is 313 g/mol. The van der Waals surface area contributed by atoms with Gasteiger partial charge in [0.1, 0.15) is 17.2 Å². The third-order valence-corrected chi connectivity index (χ3v) is 4.03. The second-order valence-electron chi connectivity index (χ2n) is 5.79. The Morgan fingerprint density at radius 1 is 1.22 bits per heavy atom. The van der Waals surface area contributed by atoms with Crippen molar-refractivity contribution in [2.75, 3.05) is 24.6 Å². The number of fused-ring (bicyclic) bond motifs is 1. The van der Waals surface area contributed by atoms with Gasteiger partial charge >= 0.3 is 0 Å². The second kappa shape index (κ2) is 5.66. The molecular formula is C16H19N5O2. The molecule has 7 nitrogen and oxygen atoms in total. The van der Waals surface area contributed by atoms with E-state index in [4.69, 9.17) is 9.15 Å². The van der Waals surface area contributed by atoms with Crippen molar-refractivity contribution in [1.82, 2.24) is 19.7 Å². The van der Waals surface area contributed by atoms with Crippen molar-refractivity contribution in [2.24, 2.45) is 0 Å². The summed E-state index contributed by atoms with van der Waals surface area (Å²) in [4.78, 5) is 11.0. The normalized spacial score (nSPS) is 18.7. The van der Waals surface area contributed by atoms with E-state index in [9.17, 15) is 0 Å². The maximum atomic E-state index is 5.87. The summed E-state index contributed by atoms with van der Waals surface area (Å²) in [6.07, 6.45) is 0.0403. The molecule has 7 heteroatoms. The number of oxazole rings is 1. The molecule has 0 saturated carbocycles. The summed E-state index contributed by atoms with van der Waals surface area (Å²) in [6.45, 7) is 6.70. The van der Waals surface area contributed by atoms with Crippen LogP contribution in [0.3, 0.4) is 0 Å². The van der Waals surface area contributed by atoms with Crippen molar-refractivity contribution in [3.63, 3.8) is 0 Å². The fourth-order valence-electron chi connectivity index (χ4n) is 2.93. The van der Waals surface area contributed by atoms with Crippen molar-refractivity contribution in [2.45, 2.75) is 26.5 Å². The number of rotatable bonds is 3. The molecule has 0 N–H and O–H groups in total. The lowest BCUT2D eigenvalue weighted by Gasteiger charge is -2.31. The average Bonchev–Trinajstić information content (AvgIpc) is 3.11. The van der Waals surface area contributed by atoms with Crippen LogP contribution in [0.2, 0.25) is 0 Å². The molecule has 0 radical (unpaired) electrons. The Kier molecular flexibility index (Phi) is 3.49. The third-order valence-electron chi connectivity index (χ3n) is 4.03. The molecule has 0 unspecified atom stereocenters. The molecule has 0 spiro atoms. The van der Waals surface area contributed by atoms with Gasteiger partial charge in [-0.1, -0.05) is 12.1 Å². The first-order valence-electron chi connectivity index (χ1n) is 7.79. The molecule has 0 bridgehead atoms. The Morgan fingerprint density at radius 3 is 2.87 bits per heavy atom. The van der Waals surface area contributed by atoms with E-state index in [1.807, 2.05) is 42.8 Å². The number of nitrogens with zero attached hydrogens (tertiary/aromatic N) is 5. The first kappa shape index (κ1) is 14.2. The van der Waals surface area contributed by atoms with E-state index >= 15 is 0 Å². The van der Waals surface area contributed by atoms with Gasteiger partial charge in [-0.25, -0.2) is 9.67 Å². The Bertz CT molecular complexity index is 792. The van der Waals surface area contributed by atoms with E-state index in [1.54, 1.807) is 0 Å². The lowest BCUT2D eigenvalue weighted by atomic mass is 10.3. The van der Waals surface area contributed by atoms with Gasteiger partial charge in [-0.05, 0) is 26.0 Å². The standard InChI is InChI=1S/C16H19N5O2/c1-11-17-12(2)21(19-11)10-13-9-20(7-8-22-13)16-18-14-5-3-4-6-15(14)23-16/h3-6,13H,7-10H2,1-2H3/t13-/m0/s1. The molecule has 1 aromatic carbocycles. The zero-order valence-electron chi connectivity index (χ0n) is 13.3. The highest BCUT2D eigenvalue weighted by molar-refractivity contribution is 5.74. The van der Waals surface area contributed by atoms with Gasteiger partial charge in [0.2, 0.25) is 0 Å². The molecule has 1 fully saturated rings. The highest BCUT2D eigenvalue weighted by Crippen LogP contribution is 2.23. The number of benzene rings is 1. The highest BCUT2D eigenvalue weighted by Gasteiger charge is 2.25. The molecule has 1 aliphatic rings. The highest BCUT2D eigenvalue weighted by atomic mass is 16.5. The van der Waals surface area contributed by atoms with Crippen molar-refractivity contribution >= 4 is 17.1 Å². The quantitative estimate of drug-likeness (QED) is 0.736. The van der Waals surface area contributed by atoms with Gasteiger partial charge in [-0.15, -0.1) is 0 Å². The van der Waals surface area contributed by atoms with Gasteiger partial charge in [-0.3, -0.25) is 0 Å². The molecule has 23 heavy (non-hydrogen) atoms. The lowest BCUT2D eigenvalue weighted by molar-refractivity contribution is 0.0254. The molecule has 0 aliphatic carbocycles. The Hall–Kier alpha value is -2.41. The van der Waals surface area contributed by atoms with Crippen LogP contribution in [-0.4, -0.2) is 45.5 Å². The summed E-state index contributed by atoms with van der Waals surface area (Å²) in [6, 6.07) is 8.47. The zero-order valence-corrected chi connectivity index (χ0v) is 13.3. The lowest BCUT2D eigenvalue weighted by Crippen LogP contribution is -2.44. The number of hydrogen-bond donors (Lipinski definition) is 0. The van der Waals surface area contributed by atoms with Crippen LogP contribution in [0.1, 0.15) is 11.6 Å². The molecule has 1 aliphatic heterocycles. The molecule has 3 aromatic rings. The van der Waals surface area contributed by atoms with Crippen molar-refractivity contribution in [1.29, 1.82) is 0 Å². The maximum Gasteiger partial charge on any atom is 0.298 e. The van der Waals surface area contributed by atoms with Crippen molar-refractivity contribution in [3.8, 4) is 0 Å². The van der Waals surface area contributed by atoms with Crippen LogP contribution in [0.25, 0.3) is 11.1 Å². The zero-order chi connectivity index (χ0) is 15.8. The van der Waals surface area contributed by atoms with Crippen molar-refractivity contribution in [3.05, 3.63) is 35.9 Å². The van der Waals surface area contributed by atoms with Crippen LogP contribution in [0.5, 0.6) is 0 Å². The maximum absolute atomic E-state index is 5.87. The molecule has 1 saturated heterocycles. The molecule has 0 amide bonds. The number of anilines is 1. The molecule has 120 valence electrons.